The van der Waals surface area contributed by atoms with Gasteiger partial charge >= 0.3 is 0 Å². The van der Waals surface area contributed by atoms with Gasteiger partial charge in [0.2, 0.25) is 0 Å². The Balaban J connectivity index is 1.76. The Morgan fingerprint density at radius 3 is 2.67 bits per heavy atom. The van der Waals surface area contributed by atoms with Crippen molar-refractivity contribution in [2.24, 2.45) is 18.4 Å². The zero-order chi connectivity index (χ0) is 10.9. The van der Waals surface area contributed by atoms with E-state index in [2.05, 4.69) is 34.6 Å². The summed E-state index contributed by atoms with van der Waals surface area (Å²) in [6.45, 7) is 6.40. The molecule has 0 aliphatic heterocycles. The molecule has 1 heterocycles. The third-order valence-corrected chi connectivity index (χ3v) is 3.43. The predicted molar refractivity (Wildman–Crippen MR) is 57.0 cm³/mol. The Morgan fingerprint density at radius 2 is 2.20 bits per heavy atom. The highest BCUT2D eigenvalue weighted by molar-refractivity contribution is 4.97. The minimum absolute atomic E-state index is 0.544. The maximum absolute atomic E-state index is 4.13. The Hall–Kier alpha value is -0.970. The summed E-state index contributed by atoms with van der Waals surface area (Å²) in [4.78, 5) is 1.49. The fraction of sp³-hybridized carbons (Fsp3) is 0.900. The van der Waals surface area contributed by atoms with E-state index in [4.69, 9.17) is 0 Å². The van der Waals surface area contributed by atoms with E-state index in [1.165, 1.54) is 17.6 Å². The molecule has 0 radical (unpaired) electrons. The molecular weight excluding hydrogens is 190 g/mol. The van der Waals surface area contributed by atoms with Crippen LogP contribution in [0.1, 0.15) is 32.5 Å². The topological polar surface area (TPSA) is 55.6 Å². The highest BCUT2D eigenvalue weighted by Crippen LogP contribution is 2.51. The van der Waals surface area contributed by atoms with E-state index < -0.39 is 0 Å². The molecule has 1 aliphatic rings. The fourth-order valence-corrected chi connectivity index (χ4v) is 1.94. The number of hydrogen-bond donors (Lipinski definition) is 1. The number of aromatic nitrogens is 4. The van der Waals surface area contributed by atoms with Gasteiger partial charge in [-0.05, 0) is 29.4 Å². The number of nitrogens with zero attached hydrogens (tertiary/aromatic N) is 4. The van der Waals surface area contributed by atoms with E-state index >= 15 is 0 Å². The van der Waals surface area contributed by atoms with Crippen LogP contribution < -0.4 is 5.32 Å². The summed E-state index contributed by atoms with van der Waals surface area (Å²) in [5.41, 5.74) is 0.544. The summed E-state index contributed by atoms with van der Waals surface area (Å²) in [5, 5.41) is 15.3. The lowest BCUT2D eigenvalue weighted by atomic mass is 9.92. The number of hydrogen-bond acceptors (Lipinski definition) is 4. The first-order valence-electron chi connectivity index (χ1n) is 5.56. The quantitative estimate of drug-likeness (QED) is 0.777. The lowest BCUT2D eigenvalue weighted by Gasteiger charge is -2.19. The van der Waals surface area contributed by atoms with Crippen molar-refractivity contribution in [3.05, 3.63) is 5.82 Å². The van der Waals surface area contributed by atoms with Crippen LogP contribution in [0.5, 0.6) is 0 Å². The van der Waals surface area contributed by atoms with Crippen LogP contribution in [0.3, 0.4) is 0 Å². The molecule has 84 valence electrons. The summed E-state index contributed by atoms with van der Waals surface area (Å²) >= 11 is 0. The smallest absolute Gasteiger partial charge is 0.188 e. The van der Waals surface area contributed by atoms with Gasteiger partial charge in [0.25, 0.3) is 0 Å². The van der Waals surface area contributed by atoms with Gasteiger partial charge in [-0.15, -0.1) is 10.2 Å². The van der Waals surface area contributed by atoms with Crippen molar-refractivity contribution >= 4 is 0 Å². The highest BCUT2D eigenvalue weighted by atomic mass is 15.6. The molecule has 5 heteroatoms. The third-order valence-electron chi connectivity index (χ3n) is 3.43. The van der Waals surface area contributed by atoms with Crippen LogP contribution in [-0.4, -0.2) is 26.8 Å². The number of tetrazole rings is 1. The molecular formula is C10H19N5. The van der Waals surface area contributed by atoms with Crippen LogP contribution in [0.15, 0.2) is 0 Å². The van der Waals surface area contributed by atoms with Crippen LogP contribution in [-0.2, 0) is 13.6 Å². The first kappa shape index (κ1) is 10.5. The van der Waals surface area contributed by atoms with Crippen molar-refractivity contribution < 1.29 is 0 Å². The van der Waals surface area contributed by atoms with E-state index in [0.717, 1.165) is 24.8 Å². The van der Waals surface area contributed by atoms with Gasteiger partial charge < -0.3 is 5.32 Å². The summed E-state index contributed by atoms with van der Waals surface area (Å²) in [5.74, 6) is 1.54. The lowest BCUT2D eigenvalue weighted by molar-refractivity contribution is 0.336. The van der Waals surface area contributed by atoms with E-state index in [-0.39, 0.29) is 0 Å². The van der Waals surface area contributed by atoms with Gasteiger partial charge in [-0.3, -0.25) is 0 Å². The highest BCUT2D eigenvalue weighted by Gasteiger charge is 2.44. The van der Waals surface area contributed by atoms with E-state index in [9.17, 15) is 0 Å². The first-order chi connectivity index (χ1) is 7.12. The molecule has 1 aromatic heterocycles. The van der Waals surface area contributed by atoms with E-state index in [1.807, 2.05) is 0 Å². The van der Waals surface area contributed by atoms with Gasteiger partial charge in [0, 0.05) is 6.54 Å². The average molecular weight is 209 g/mol. The summed E-state index contributed by atoms with van der Waals surface area (Å²) < 4.78 is 0. The number of aryl methyl sites for hydroxylation is 1. The molecule has 0 aromatic carbocycles. The van der Waals surface area contributed by atoms with E-state index in [1.54, 1.807) is 7.05 Å². The zero-order valence-electron chi connectivity index (χ0n) is 9.69. The van der Waals surface area contributed by atoms with Gasteiger partial charge in [-0.1, -0.05) is 13.8 Å². The van der Waals surface area contributed by atoms with Gasteiger partial charge in [-0.2, -0.15) is 4.80 Å². The van der Waals surface area contributed by atoms with Gasteiger partial charge in [0.05, 0.1) is 13.6 Å². The standard InChI is InChI=1S/C10H19N5/c1-8(2)10(4-5-10)7-11-6-9-12-14-15(3)13-9/h8,11H,4-7H2,1-3H3. The van der Waals surface area contributed by atoms with Gasteiger partial charge in [0.15, 0.2) is 5.82 Å². The lowest BCUT2D eigenvalue weighted by Crippen LogP contribution is -2.27. The molecule has 5 nitrogen and oxygen atoms in total. The van der Waals surface area contributed by atoms with Gasteiger partial charge in [0.1, 0.15) is 0 Å². The Kier molecular flexibility index (Phi) is 2.73. The fourth-order valence-electron chi connectivity index (χ4n) is 1.94. The third kappa shape index (κ3) is 2.34. The monoisotopic (exact) mass is 209 g/mol. The Bertz CT molecular complexity index is 326. The second-order valence-corrected chi connectivity index (χ2v) is 4.82. The minimum atomic E-state index is 0.544. The second kappa shape index (κ2) is 3.89. The first-order valence-corrected chi connectivity index (χ1v) is 5.56. The average Bonchev–Trinajstić information content (AvgIpc) is 2.86. The molecule has 1 N–H and O–H groups in total. The maximum Gasteiger partial charge on any atom is 0.188 e. The van der Waals surface area contributed by atoms with Crippen molar-refractivity contribution in [2.45, 2.75) is 33.2 Å². The second-order valence-electron chi connectivity index (χ2n) is 4.82. The molecule has 0 saturated heterocycles. The SMILES string of the molecule is CC(C)C1(CNCc2nnn(C)n2)CC1. The minimum Gasteiger partial charge on any atom is -0.309 e. The molecule has 0 atom stereocenters. The van der Waals surface area contributed by atoms with Crippen molar-refractivity contribution in [2.75, 3.05) is 6.54 Å². The largest absolute Gasteiger partial charge is 0.309 e. The summed E-state index contributed by atoms with van der Waals surface area (Å²) in [6, 6.07) is 0. The van der Waals surface area contributed by atoms with Crippen molar-refractivity contribution in [1.29, 1.82) is 0 Å². The molecule has 1 aromatic rings. The number of nitrogens with one attached hydrogen (secondary N) is 1. The predicted octanol–water partition coefficient (Wildman–Crippen LogP) is 0.736. The van der Waals surface area contributed by atoms with Crippen molar-refractivity contribution in [3.8, 4) is 0 Å². The number of rotatable bonds is 5. The Labute approximate surface area is 90.2 Å². The molecule has 1 saturated carbocycles. The van der Waals surface area contributed by atoms with Gasteiger partial charge in [-0.25, -0.2) is 0 Å². The molecule has 15 heavy (non-hydrogen) atoms. The van der Waals surface area contributed by atoms with Crippen LogP contribution >= 0.6 is 0 Å². The molecule has 2 rings (SSSR count). The van der Waals surface area contributed by atoms with Crippen LogP contribution in [0.25, 0.3) is 0 Å². The molecule has 0 amide bonds. The normalized spacial score (nSPS) is 18.4. The molecule has 0 spiro atoms. The summed E-state index contributed by atoms with van der Waals surface area (Å²) in [7, 11) is 1.78. The van der Waals surface area contributed by atoms with Crippen LogP contribution in [0.4, 0.5) is 0 Å². The van der Waals surface area contributed by atoms with Crippen LogP contribution in [0.2, 0.25) is 0 Å². The molecule has 0 bridgehead atoms. The molecule has 1 aliphatic carbocycles. The van der Waals surface area contributed by atoms with Crippen molar-refractivity contribution in [3.63, 3.8) is 0 Å². The van der Waals surface area contributed by atoms with Crippen molar-refractivity contribution in [1.82, 2.24) is 25.5 Å². The zero-order valence-corrected chi connectivity index (χ0v) is 9.69. The molecule has 0 unspecified atom stereocenters. The molecule has 1 fully saturated rings. The summed E-state index contributed by atoms with van der Waals surface area (Å²) in [6.07, 6.45) is 2.71. The Morgan fingerprint density at radius 1 is 1.47 bits per heavy atom. The maximum atomic E-state index is 4.13. The van der Waals surface area contributed by atoms with E-state index in [0.29, 0.717) is 5.41 Å². The van der Waals surface area contributed by atoms with Crippen LogP contribution in [0, 0.1) is 11.3 Å².